The van der Waals surface area contributed by atoms with Gasteiger partial charge in [-0.15, -0.1) is 0 Å². The Hall–Kier alpha value is -2.07. The molecule has 0 amide bonds. The van der Waals surface area contributed by atoms with E-state index in [0.29, 0.717) is 16.5 Å². The summed E-state index contributed by atoms with van der Waals surface area (Å²) < 4.78 is 0. The highest BCUT2D eigenvalue weighted by Gasteiger charge is 2.37. The van der Waals surface area contributed by atoms with Gasteiger partial charge in [0, 0.05) is 6.54 Å². The minimum absolute atomic E-state index is 0.200. The fraction of sp³-hybridized carbons (Fsp3) is 0.227. The zero-order chi connectivity index (χ0) is 19.0. The third-order valence-corrected chi connectivity index (χ3v) is 6.03. The molecule has 0 saturated carbocycles. The molecule has 1 aliphatic rings. The Bertz CT molecular complexity index is 999. The van der Waals surface area contributed by atoms with Crippen molar-refractivity contribution in [3.63, 3.8) is 0 Å². The maximum atomic E-state index is 11.9. The lowest BCUT2D eigenvalue weighted by Crippen LogP contribution is -2.39. The summed E-state index contributed by atoms with van der Waals surface area (Å²) in [6, 6.07) is 19.2. The SMILES string of the molecule is O=C(O)C1CCCN1C(c1ccc(Cl)c(Cl)c1)c1cccc2ccccc12. The number of carbonyl (C=O) groups is 1. The van der Waals surface area contributed by atoms with Gasteiger partial charge in [-0.1, -0.05) is 71.7 Å². The molecule has 1 saturated heterocycles. The largest absolute Gasteiger partial charge is 0.480 e. The van der Waals surface area contributed by atoms with E-state index < -0.39 is 12.0 Å². The van der Waals surface area contributed by atoms with Crippen molar-refractivity contribution in [3.05, 3.63) is 81.8 Å². The molecule has 3 aromatic carbocycles. The number of likely N-dealkylation sites (tertiary alicyclic amines) is 1. The predicted molar refractivity (Wildman–Crippen MR) is 110 cm³/mol. The van der Waals surface area contributed by atoms with Crippen molar-refractivity contribution in [2.75, 3.05) is 6.54 Å². The van der Waals surface area contributed by atoms with Crippen LogP contribution < -0.4 is 0 Å². The third-order valence-electron chi connectivity index (χ3n) is 5.29. The Labute approximate surface area is 168 Å². The number of halogens is 2. The van der Waals surface area contributed by atoms with Crippen molar-refractivity contribution in [3.8, 4) is 0 Å². The maximum Gasteiger partial charge on any atom is 0.320 e. The van der Waals surface area contributed by atoms with Crippen LogP contribution in [-0.2, 0) is 4.79 Å². The van der Waals surface area contributed by atoms with Crippen molar-refractivity contribution in [1.82, 2.24) is 4.90 Å². The second-order valence-corrected chi connectivity index (χ2v) is 7.69. The summed E-state index contributed by atoms with van der Waals surface area (Å²) in [5.41, 5.74) is 2.04. The van der Waals surface area contributed by atoms with Crippen LogP contribution in [0.15, 0.2) is 60.7 Å². The molecule has 27 heavy (non-hydrogen) atoms. The van der Waals surface area contributed by atoms with Crippen LogP contribution in [0.4, 0.5) is 0 Å². The fourth-order valence-corrected chi connectivity index (χ4v) is 4.39. The van der Waals surface area contributed by atoms with Crippen LogP contribution in [-0.4, -0.2) is 28.6 Å². The molecule has 2 unspecified atom stereocenters. The first-order chi connectivity index (χ1) is 13.1. The molecule has 1 fully saturated rings. The van der Waals surface area contributed by atoms with E-state index in [2.05, 4.69) is 29.2 Å². The Kier molecular flexibility index (Phi) is 5.09. The van der Waals surface area contributed by atoms with E-state index in [1.165, 1.54) is 0 Å². The summed E-state index contributed by atoms with van der Waals surface area (Å²) in [7, 11) is 0. The van der Waals surface area contributed by atoms with E-state index in [4.69, 9.17) is 23.2 Å². The van der Waals surface area contributed by atoms with E-state index in [1.807, 2.05) is 30.3 Å². The van der Waals surface area contributed by atoms with Crippen LogP contribution in [0.3, 0.4) is 0 Å². The molecule has 3 aromatic rings. The highest BCUT2D eigenvalue weighted by Crippen LogP contribution is 2.39. The number of nitrogens with zero attached hydrogens (tertiary/aromatic N) is 1. The standard InChI is InChI=1S/C22H19Cl2NO2/c23-18-11-10-15(13-19(18)24)21(25-12-4-9-20(25)22(26)27)17-8-3-6-14-5-1-2-7-16(14)17/h1-3,5-8,10-11,13,20-21H,4,9,12H2,(H,26,27). The smallest absolute Gasteiger partial charge is 0.320 e. The fourth-order valence-electron chi connectivity index (χ4n) is 4.08. The summed E-state index contributed by atoms with van der Waals surface area (Å²) in [4.78, 5) is 13.9. The maximum absolute atomic E-state index is 11.9. The minimum Gasteiger partial charge on any atom is -0.480 e. The summed E-state index contributed by atoms with van der Waals surface area (Å²) in [6.07, 6.45) is 1.51. The number of fused-ring (bicyclic) bond motifs is 1. The van der Waals surface area contributed by atoms with Gasteiger partial charge in [0.15, 0.2) is 0 Å². The number of hydrogen-bond donors (Lipinski definition) is 1. The normalized spacial score (nSPS) is 18.7. The van der Waals surface area contributed by atoms with E-state index in [-0.39, 0.29) is 6.04 Å². The van der Waals surface area contributed by atoms with E-state index >= 15 is 0 Å². The van der Waals surface area contributed by atoms with Gasteiger partial charge in [-0.25, -0.2) is 0 Å². The van der Waals surface area contributed by atoms with Gasteiger partial charge in [0.2, 0.25) is 0 Å². The molecule has 4 rings (SSSR count). The first kappa shape index (κ1) is 18.3. The topological polar surface area (TPSA) is 40.5 Å². The zero-order valence-corrected chi connectivity index (χ0v) is 16.1. The Morgan fingerprint density at radius 1 is 1.04 bits per heavy atom. The molecular weight excluding hydrogens is 381 g/mol. The Morgan fingerprint density at radius 3 is 2.59 bits per heavy atom. The van der Waals surface area contributed by atoms with Crippen molar-refractivity contribution < 1.29 is 9.90 Å². The van der Waals surface area contributed by atoms with Crippen LogP contribution >= 0.6 is 23.2 Å². The molecular formula is C22H19Cl2NO2. The molecule has 1 aliphatic heterocycles. The number of carboxylic acids is 1. The average Bonchev–Trinajstić information content (AvgIpc) is 3.15. The number of carboxylic acid groups (broad SMARTS) is 1. The van der Waals surface area contributed by atoms with Gasteiger partial charge in [0.1, 0.15) is 6.04 Å². The molecule has 1 heterocycles. The third kappa shape index (κ3) is 3.43. The first-order valence-corrected chi connectivity index (χ1v) is 9.73. The minimum atomic E-state index is -0.780. The van der Waals surface area contributed by atoms with Crippen LogP contribution in [0, 0.1) is 0 Å². The van der Waals surface area contributed by atoms with Crippen molar-refractivity contribution >= 4 is 39.9 Å². The lowest BCUT2D eigenvalue weighted by molar-refractivity contribution is -0.142. The molecule has 0 radical (unpaired) electrons. The van der Waals surface area contributed by atoms with Gasteiger partial charge < -0.3 is 5.11 Å². The second kappa shape index (κ2) is 7.51. The number of rotatable bonds is 4. The number of aliphatic carboxylic acids is 1. The first-order valence-electron chi connectivity index (χ1n) is 8.97. The summed E-state index contributed by atoms with van der Waals surface area (Å²) in [5, 5.41) is 13.0. The van der Waals surface area contributed by atoms with Crippen LogP contribution in [0.5, 0.6) is 0 Å². The lowest BCUT2D eigenvalue weighted by atomic mass is 9.92. The van der Waals surface area contributed by atoms with Gasteiger partial charge in [0.05, 0.1) is 16.1 Å². The monoisotopic (exact) mass is 399 g/mol. The lowest BCUT2D eigenvalue weighted by Gasteiger charge is -2.33. The molecule has 0 spiro atoms. The molecule has 0 bridgehead atoms. The Balaban J connectivity index is 1.92. The highest BCUT2D eigenvalue weighted by atomic mass is 35.5. The predicted octanol–water partition coefficient (Wildman–Crippen LogP) is 5.79. The van der Waals surface area contributed by atoms with Gasteiger partial charge >= 0.3 is 5.97 Å². The van der Waals surface area contributed by atoms with Crippen LogP contribution in [0.25, 0.3) is 10.8 Å². The molecule has 1 N–H and O–H groups in total. The van der Waals surface area contributed by atoms with Crippen molar-refractivity contribution in [2.24, 2.45) is 0 Å². The summed E-state index contributed by atoms with van der Waals surface area (Å²) >= 11 is 12.4. The van der Waals surface area contributed by atoms with Crippen molar-refractivity contribution in [2.45, 2.75) is 24.9 Å². The van der Waals surface area contributed by atoms with E-state index in [1.54, 1.807) is 6.07 Å². The van der Waals surface area contributed by atoms with Gasteiger partial charge in [-0.3, -0.25) is 9.69 Å². The van der Waals surface area contributed by atoms with Crippen LogP contribution in [0.2, 0.25) is 10.0 Å². The average molecular weight is 400 g/mol. The molecule has 5 heteroatoms. The molecule has 138 valence electrons. The molecule has 0 aromatic heterocycles. The molecule has 0 aliphatic carbocycles. The van der Waals surface area contributed by atoms with E-state index in [0.717, 1.165) is 34.9 Å². The van der Waals surface area contributed by atoms with Crippen LogP contribution in [0.1, 0.15) is 30.0 Å². The Morgan fingerprint density at radius 2 is 1.81 bits per heavy atom. The summed E-state index contributed by atoms with van der Waals surface area (Å²) in [6.45, 7) is 0.727. The summed E-state index contributed by atoms with van der Waals surface area (Å²) in [5.74, 6) is -0.780. The van der Waals surface area contributed by atoms with Gasteiger partial charge in [-0.2, -0.15) is 0 Å². The van der Waals surface area contributed by atoms with Gasteiger partial charge in [0.25, 0.3) is 0 Å². The number of benzene rings is 3. The zero-order valence-electron chi connectivity index (χ0n) is 14.6. The highest BCUT2D eigenvalue weighted by molar-refractivity contribution is 6.42. The van der Waals surface area contributed by atoms with E-state index in [9.17, 15) is 9.90 Å². The quantitative estimate of drug-likeness (QED) is 0.603. The van der Waals surface area contributed by atoms with Crippen molar-refractivity contribution in [1.29, 1.82) is 0 Å². The number of hydrogen-bond acceptors (Lipinski definition) is 2. The molecule has 2 atom stereocenters. The molecule has 3 nitrogen and oxygen atoms in total. The van der Waals surface area contributed by atoms with Gasteiger partial charge in [-0.05, 0) is 46.9 Å². The second-order valence-electron chi connectivity index (χ2n) is 6.88.